The first-order valence-corrected chi connectivity index (χ1v) is 10.8. The molecule has 2 heterocycles. The minimum atomic E-state index is -3.41. The maximum absolute atomic E-state index is 12.4. The van der Waals surface area contributed by atoms with Crippen molar-refractivity contribution in [2.75, 3.05) is 25.4 Å². The molecule has 1 amide bonds. The van der Waals surface area contributed by atoms with E-state index in [1.165, 1.54) is 4.31 Å². The number of carbonyl (C=O) groups is 1. The van der Waals surface area contributed by atoms with Crippen LogP contribution in [0.3, 0.4) is 0 Å². The van der Waals surface area contributed by atoms with Gasteiger partial charge in [-0.1, -0.05) is 12.1 Å². The van der Waals surface area contributed by atoms with Crippen molar-refractivity contribution in [3.05, 3.63) is 30.1 Å². The molecule has 2 unspecified atom stereocenters. The van der Waals surface area contributed by atoms with Crippen LogP contribution in [0.25, 0.3) is 11.0 Å². The fourth-order valence-corrected chi connectivity index (χ4v) is 4.74. The average molecular weight is 394 g/mol. The highest BCUT2D eigenvalue weighted by Crippen LogP contribution is 2.15. The van der Waals surface area contributed by atoms with Crippen LogP contribution in [0, 0.1) is 0 Å². The van der Waals surface area contributed by atoms with E-state index in [0.29, 0.717) is 19.5 Å². The molecule has 0 radical (unpaired) electrons. The molecule has 1 fully saturated rings. The highest BCUT2D eigenvalue weighted by Gasteiger charge is 2.30. The van der Waals surface area contributed by atoms with Crippen LogP contribution in [0.2, 0.25) is 0 Å². The van der Waals surface area contributed by atoms with Crippen LogP contribution in [0.15, 0.2) is 24.3 Å². The third kappa shape index (κ3) is 5.27. The number of sulfonamides is 1. The molecule has 1 aliphatic heterocycles. The van der Waals surface area contributed by atoms with Gasteiger partial charge < -0.3 is 15.0 Å². The van der Waals surface area contributed by atoms with Gasteiger partial charge in [0.1, 0.15) is 5.82 Å². The number of benzene rings is 1. The lowest BCUT2D eigenvalue weighted by molar-refractivity contribution is -0.120. The third-order valence-electron chi connectivity index (χ3n) is 4.49. The van der Waals surface area contributed by atoms with E-state index in [2.05, 4.69) is 15.3 Å². The first-order valence-electron chi connectivity index (χ1n) is 9.17. The van der Waals surface area contributed by atoms with E-state index in [-0.39, 0.29) is 36.8 Å². The van der Waals surface area contributed by atoms with Gasteiger partial charge in [-0.3, -0.25) is 4.79 Å². The smallest absolute Gasteiger partial charge is 0.220 e. The molecular weight excluding hydrogens is 368 g/mol. The Kier molecular flexibility index (Phi) is 6.13. The zero-order valence-electron chi connectivity index (χ0n) is 15.6. The zero-order chi connectivity index (χ0) is 19.4. The second-order valence-electron chi connectivity index (χ2n) is 6.94. The van der Waals surface area contributed by atoms with Gasteiger partial charge in [0.05, 0.1) is 29.0 Å². The first kappa shape index (κ1) is 19.8. The second kappa shape index (κ2) is 8.37. The van der Waals surface area contributed by atoms with E-state index in [4.69, 9.17) is 4.74 Å². The van der Waals surface area contributed by atoms with Crippen LogP contribution < -0.4 is 5.32 Å². The Morgan fingerprint density at radius 2 is 2.00 bits per heavy atom. The number of fused-ring (bicyclic) bond motifs is 1. The molecule has 0 spiro atoms. The number of hydrogen-bond acceptors (Lipinski definition) is 5. The molecular formula is C18H26N4O4S. The van der Waals surface area contributed by atoms with Crippen LogP contribution in [-0.4, -0.2) is 66.2 Å². The van der Waals surface area contributed by atoms with Crippen LogP contribution in [0.4, 0.5) is 0 Å². The Morgan fingerprint density at radius 1 is 1.30 bits per heavy atom. The number of aromatic amines is 1. The number of hydrogen-bond donors (Lipinski definition) is 2. The number of carbonyl (C=O) groups excluding carboxylic acids is 1. The molecule has 27 heavy (non-hydrogen) atoms. The summed E-state index contributed by atoms with van der Waals surface area (Å²) in [5, 5.41) is 2.69. The number of aryl methyl sites for hydroxylation is 1. The van der Waals surface area contributed by atoms with E-state index in [1.807, 2.05) is 38.1 Å². The minimum Gasteiger partial charge on any atom is -0.373 e. The predicted molar refractivity (Wildman–Crippen MR) is 103 cm³/mol. The monoisotopic (exact) mass is 394 g/mol. The number of morpholine rings is 1. The maximum Gasteiger partial charge on any atom is 0.220 e. The summed E-state index contributed by atoms with van der Waals surface area (Å²) in [5.41, 5.74) is 1.81. The Bertz CT molecular complexity index is 853. The van der Waals surface area contributed by atoms with Crippen LogP contribution in [0.1, 0.15) is 26.1 Å². The summed E-state index contributed by atoms with van der Waals surface area (Å²) >= 11 is 0. The number of nitrogens with zero attached hydrogens (tertiary/aromatic N) is 2. The van der Waals surface area contributed by atoms with E-state index < -0.39 is 10.0 Å². The number of imidazole rings is 1. The molecule has 1 saturated heterocycles. The Hall–Kier alpha value is -1.97. The van der Waals surface area contributed by atoms with Crippen molar-refractivity contribution in [2.24, 2.45) is 0 Å². The third-order valence-corrected chi connectivity index (χ3v) is 6.29. The molecule has 1 aromatic carbocycles. The number of rotatable bonds is 7. The van der Waals surface area contributed by atoms with Gasteiger partial charge in [0.25, 0.3) is 0 Å². The summed E-state index contributed by atoms with van der Waals surface area (Å²) < 4.78 is 31.9. The van der Waals surface area contributed by atoms with Gasteiger partial charge in [0, 0.05) is 32.5 Å². The molecule has 2 N–H and O–H groups in total. The number of aromatic nitrogens is 2. The lowest BCUT2D eigenvalue weighted by Crippen LogP contribution is -2.49. The van der Waals surface area contributed by atoms with Gasteiger partial charge in [-0.25, -0.2) is 13.4 Å². The average Bonchev–Trinajstić information content (AvgIpc) is 3.02. The number of nitrogens with one attached hydrogen (secondary N) is 2. The fraction of sp³-hybridized carbons (Fsp3) is 0.556. The van der Waals surface area contributed by atoms with Crippen molar-refractivity contribution in [2.45, 2.75) is 38.9 Å². The molecule has 3 rings (SSSR count). The minimum absolute atomic E-state index is 0.0986. The lowest BCUT2D eigenvalue weighted by Gasteiger charge is -2.34. The maximum atomic E-state index is 12.4. The summed E-state index contributed by atoms with van der Waals surface area (Å²) in [7, 11) is -3.41. The fourth-order valence-electron chi connectivity index (χ4n) is 3.25. The molecule has 2 atom stereocenters. The number of H-pyrrole nitrogens is 1. The van der Waals surface area contributed by atoms with Gasteiger partial charge in [-0.2, -0.15) is 4.31 Å². The van der Waals surface area contributed by atoms with Crippen LogP contribution in [-0.2, 0) is 26.0 Å². The summed E-state index contributed by atoms with van der Waals surface area (Å²) in [6.07, 6.45) is 0.487. The number of ether oxygens (including phenoxy) is 1. The van der Waals surface area contributed by atoms with E-state index in [0.717, 1.165) is 16.9 Å². The highest BCUT2D eigenvalue weighted by atomic mass is 32.2. The molecule has 1 aromatic heterocycles. The first-order chi connectivity index (χ1) is 12.8. The summed E-state index contributed by atoms with van der Waals surface area (Å²) in [4.78, 5) is 19.6. The Labute approximate surface area is 159 Å². The van der Waals surface area contributed by atoms with Crippen molar-refractivity contribution < 1.29 is 17.9 Å². The molecule has 148 valence electrons. The van der Waals surface area contributed by atoms with E-state index >= 15 is 0 Å². The van der Waals surface area contributed by atoms with E-state index in [9.17, 15) is 13.2 Å². The van der Waals surface area contributed by atoms with Crippen molar-refractivity contribution >= 4 is 27.0 Å². The van der Waals surface area contributed by atoms with Gasteiger partial charge >= 0.3 is 0 Å². The number of para-hydroxylation sites is 2. The Morgan fingerprint density at radius 3 is 2.70 bits per heavy atom. The topological polar surface area (TPSA) is 104 Å². The van der Waals surface area contributed by atoms with Gasteiger partial charge in [0.2, 0.25) is 15.9 Å². The number of amides is 1. The van der Waals surface area contributed by atoms with Gasteiger partial charge in [-0.15, -0.1) is 0 Å². The highest BCUT2D eigenvalue weighted by molar-refractivity contribution is 7.89. The molecule has 1 aliphatic rings. The standard InChI is InChI=1S/C18H26N4O4S/c1-13-11-22(12-14(2)26-13)27(24,25)10-9-19-18(23)8-7-17-20-15-5-3-4-6-16(15)21-17/h3-6,13-14H,7-12H2,1-2H3,(H,19,23)(H,20,21). The van der Waals surface area contributed by atoms with Crippen molar-refractivity contribution in [1.82, 2.24) is 19.6 Å². The molecule has 0 saturated carbocycles. The van der Waals surface area contributed by atoms with Crippen molar-refractivity contribution in [1.29, 1.82) is 0 Å². The summed E-state index contributed by atoms with van der Waals surface area (Å²) in [6, 6.07) is 7.68. The summed E-state index contributed by atoms with van der Waals surface area (Å²) in [6.45, 7) is 4.52. The van der Waals surface area contributed by atoms with Crippen molar-refractivity contribution in [3.8, 4) is 0 Å². The van der Waals surface area contributed by atoms with E-state index in [1.54, 1.807) is 0 Å². The quantitative estimate of drug-likeness (QED) is 0.730. The zero-order valence-corrected chi connectivity index (χ0v) is 16.5. The molecule has 2 aromatic rings. The lowest BCUT2D eigenvalue weighted by atomic mass is 10.3. The molecule has 0 bridgehead atoms. The Balaban J connectivity index is 1.43. The van der Waals surface area contributed by atoms with Crippen molar-refractivity contribution in [3.63, 3.8) is 0 Å². The largest absolute Gasteiger partial charge is 0.373 e. The van der Waals surface area contributed by atoms with Crippen LogP contribution >= 0.6 is 0 Å². The SMILES string of the molecule is CC1CN(S(=O)(=O)CCNC(=O)CCc2nc3ccccc3[nH]2)CC(C)O1. The van der Waals surface area contributed by atoms with Gasteiger partial charge in [0.15, 0.2) is 0 Å². The second-order valence-corrected chi connectivity index (χ2v) is 9.03. The summed E-state index contributed by atoms with van der Waals surface area (Å²) in [5.74, 6) is 0.452. The molecule has 0 aliphatic carbocycles. The normalized spacial score (nSPS) is 21.4. The van der Waals surface area contributed by atoms with Gasteiger partial charge in [-0.05, 0) is 26.0 Å². The van der Waals surface area contributed by atoms with Crippen LogP contribution in [0.5, 0.6) is 0 Å². The molecule has 9 heteroatoms. The predicted octanol–water partition coefficient (Wildman–Crippen LogP) is 1.05. The molecule has 8 nitrogen and oxygen atoms in total.